The van der Waals surface area contributed by atoms with Crippen LogP contribution in [-0.4, -0.2) is 42.7 Å². The fourth-order valence-corrected chi connectivity index (χ4v) is 4.20. The minimum atomic E-state index is -0.287. The van der Waals surface area contributed by atoms with Crippen molar-refractivity contribution in [2.45, 2.75) is 37.8 Å². The third kappa shape index (κ3) is 3.19. The van der Waals surface area contributed by atoms with Crippen LogP contribution in [-0.2, 0) is 4.74 Å². The molecular formula is C21H21FN6O. The molecule has 1 saturated carbocycles. The molecule has 0 bridgehead atoms. The Labute approximate surface area is 167 Å². The van der Waals surface area contributed by atoms with Crippen molar-refractivity contribution in [2.75, 3.05) is 7.11 Å². The van der Waals surface area contributed by atoms with Crippen molar-refractivity contribution in [1.82, 2.24) is 29.5 Å². The fraction of sp³-hybridized carbons (Fsp3) is 0.333. The zero-order valence-electron chi connectivity index (χ0n) is 16.1. The van der Waals surface area contributed by atoms with Gasteiger partial charge in [-0.2, -0.15) is 10.2 Å². The second-order valence-electron chi connectivity index (χ2n) is 7.31. The standard InChI is InChI=1S/C21H21FN6O/c1-29-15-6-4-5-14(11-15)27-19-12-20(28-24-9-10-25-28)23-13-18(19)26-21(27)16-7-2-3-8-17(16)22/h2-3,7-10,12-15H,4-6,11H2,1H3/t14-,15-/m1/s1. The number of aromatic nitrogens is 6. The Bertz CT molecular complexity index is 1140. The Hall–Kier alpha value is -3.13. The van der Waals surface area contributed by atoms with Gasteiger partial charge in [0.05, 0.1) is 35.8 Å². The molecule has 0 unspecified atom stereocenters. The Morgan fingerprint density at radius 2 is 1.97 bits per heavy atom. The smallest absolute Gasteiger partial charge is 0.176 e. The third-order valence-electron chi connectivity index (χ3n) is 5.60. The van der Waals surface area contributed by atoms with Gasteiger partial charge in [0.2, 0.25) is 0 Å². The largest absolute Gasteiger partial charge is 0.381 e. The summed E-state index contributed by atoms with van der Waals surface area (Å²) in [6.07, 6.45) is 9.05. The van der Waals surface area contributed by atoms with E-state index < -0.39 is 0 Å². The summed E-state index contributed by atoms with van der Waals surface area (Å²) in [7, 11) is 1.75. The number of imidazole rings is 1. The molecule has 1 aromatic carbocycles. The summed E-state index contributed by atoms with van der Waals surface area (Å²) < 4.78 is 22.5. The van der Waals surface area contributed by atoms with Crippen molar-refractivity contribution in [3.63, 3.8) is 0 Å². The van der Waals surface area contributed by atoms with Gasteiger partial charge in [-0.25, -0.2) is 14.4 Å². The van der Waals surface area contributed by atoms with E-state index in [9.17, 15) is 4.39 Å². The zero-order chi connectivity index (χ0) is 19.8. The Morgan fingerprint density at radius 1 is 1.14 bits per heavy atom. The van der Waals surface area contributed by atoms with Crippen molar-refractivity contribution >= 4 is 11.0 Å². The fourth-order valence-electron chi connectivity index (χ4n) is 4.20. The number of hydrogen-bond donors (Lipinski definition) is 0. The van der Waals surface area contributed by atoms with Gasteiger partial charge in [-0.15, -0.1) is 4.80 Å². The van der Waals surface area contributed by atoms with Gasteiger partial charge in [0, 0.05) is 19.2 Å². The number of nitrogens with zero attached hydrogens (tertiary/aromatic N) is 6. The third-order valence-corrected chi connectivity index (χ3v) is 5.60. The maximum absolute atomic E-state index is 14.7. The van der Waals surface area contributed by atoms with Gasteiger partial charge in [-0.3, -0.25) is 0 Å². The Morgan fingerprint density at radius 3 is 2.76 bits per heavy atom. The van der Waals surface area contributed by atoms with Gasteiger partial charge < -0.3 is 9.30 Å². The minimum absolute atomic E-state index is 0.161. The number of pyridine rings is 1. The lowest BCUT2D eigenvalue weighted by Gasteiger charge is -2.30. The number of benzene rings is 1. The molecule has 3 heterocycles. The first-order chi connectivity index (χ1) is 14.2. The predicted molar refractivity (Wildman–Crippen MR) is 106 cm³/mol. The highest BCUT2D eigenvalue weighted by molar-refractivity contribution is 5.81. The summed E-state index contributed by atoms with van der Waals surface area (Å²) in [6.45, 7) is 0. The van der Waals surface area contributed by atoms with Gasteiger partial charge in [-0.05, 0) is 37.8 Å². The van der Waals surface area contributed by atoms with E-state index in [1.807, 2.05) is 12.1 Å². The maximum Gasteiger partial charge on any atom is 0.176 e. The maximum atomic E-state index is 14.7. The lowest BCUT2D eigenvalue weighted by atomic mass is 9.92. The van der Waals surface area contributed by atoms with Crippen LogP contribution in [0.2, 0.25) is 0 Å². The van der Waals surface area contributed by atoms with Crippen LogP contribution in [0.5, 0.6) is 0 Å². The molecule has 148 valence electrons. The predicted octanol–water partition coefficient (Wildman–Crippen LogP) is 3.95. The molecule has 0 spiro atoms. The van der Waals surface area contributed by atoms with E-state index in [4.69, 9.17) is 9.72 Å². The van der Waals surface area contributed by atoms with E-state index in [1.54, 1.807) is 37.8 Å². The van der Waals surface area contributed by atoms with E-state index in [0.717, 1.165) is 36.7 Å². The van der Waals surface area contributed by atoms with E-state index in [0.29, 0.717) is 17.2 Å². The number of methoxy groups -OCH3 is 1. The molecule has 5 rings (SSSR count). The van der Waals surface area contributed by atoms with Crippen LogP contribution >= 0.6 is 0 Å². The van der Waals surface area contributed by atoms with Crippen molar-refractivity contribution in [3.05, 3.63) is 54.7 Å². The minimum Gasteiger partial charge on any atom is -0.381 e. The SMILES string of the molecule is CO[C@@H]1CCC[C@@H](n2c(-c3ccccc3F)nc3cnc(-n4nccn4)cc32)C1. The number of rotatable bonds is 4. The summed E-state index contributed by atoms with van der Waals surface area (Å²) in [5.41, 5.74) is 2.10. The summed E-state index contributed by atoms with van der Waals surface area (Å²) >= 11 is 0. The molecule has 1 fully saturated rings. The zero-order valence-corrected chi connectivity index (χ0v) is 16.1. The van der Waals surface area contributed by atoms with E-state index in [-0.39, 0.29) is 18.0 Å². The normalized spacial score (nSPS) is 19.7. The summed E-state index contributed by atoms with van der Waals surface area (Å²) in [5.74, 6) is 0.931. The average molecular weight is 392 g/mol. The van der Waals surface area contributed by atoms with Crippen LogP contribution in [0, 0.1) is 5.82 Å². The van der Waals surface area contributed by atoms with Crippen molar-refractivity contribution in [2.24, 2.45) is 0 Å². The molecule has 4 aromatic rings. The molecule has 1 aliphatic carbocycles. The van der Waals surface area contributed by atoms with E-state index in [1.165, 1.54) is 10.9 Å². The van der Waals surface area contributed by atoms with E-state index in [2.05, 4.69) is 19.7 Å². The molecule has 3 aromatic heterocycles. The number of fused-ring (bicyclic) bond motifs is 1. The van der Waals surface area contributed by atoms with Gasteiger partial charge >= 0.3 is 0 Å². The first kappa shape index (κ1) is 17.9. The second-order valence-corrected chi connectivity index (χ2v) is 7.31. The van der Waals surface area contributed by atoms with Crippen LogP contribution in [0.3, 0.4) is 0 Å². The monoisotopic (exact) mass is 392 g/mol. The molecule has 2 atom stereocenters. The van der Waals surface area contributed by atoms with E-state index >= 15 is 0 Å². The number of ether oxygens (including phenoxy) is 1. The molecule has 8 heteroatoms. The van der Waals surface area contributed by atoms with Crippen LogP contribution in [0.1, 0.15) is 31.7 Å². The van der Waals surface area contributed by atoms with Crippen molar-refractivity contribution in [3.8, 4) is 17.2 Å². The van der Waals surface area contributed by atoms with Gasteiger partial charge in [0.25, 0.3) is 0 Å². The first-order valence-electron chi connectivity index (χ1n) is 9.77. The lowest BCUT2D eigenvalue weighted by Crippen LogP contribution is -2.24. The molecule has 7 nitrogen and oxygen atoms in total. The highest BCUT2D eigenvalue weighted by Crippen LogP contribution is 2.37. The molecule has 29 heavy (non-hydrogen) atoms. The quantitative estimate of drug-likeness (QED) is 0.526. The number of hydrogen-bond acceptors (Lipinski definition) is 5. The molecule has 0 amide bonds. The molecule has 0 N–H and O–H groups in total. The van der Waals surface area contributed by atoms with Gasteiger partial charge in [0.1, 0.15) is 17.2 Å². The van der Waals surface area contributed by atoms with Crippen LogP contribution in [0.25, 0.3) is 28.2 Å². The topological polar surface area (TPSA) is 70.7 Å². The Kier molecular flexibility index (Phi) is 4.55. The molecular weight excluding hydrogens is 371 g/mol. The lowest BCUT2D eigenvalue weighted by molar-refractivity contribution is 0.0540. The van der Waals surface area contributed by atoms with Crippen LogP contribution in [0.4, 0.5) is 4.39 Å². The highest BCUT2D eigenvalue weighted by Gasteiger charge is 2.28. The molecule has 0 radical (unpaired) electrons. The van der Waals surface area contributed by atoms with Crippen molar-refractivity contribution < 1.29 is 9.13 Å². The van der Waals surface area contributed by atoms with Gasteiger partial charge in [0.15, 0.2) is 5.82 Å². The first-order valence-corrected chi connectivity index (χ1v) is 9.77. The summed E-state index contributed by atoms with van der Waals surface area (Å²) in [4.78, 5) is 10.7. The average Bonchev–Trinajstić information content (AvgIpc) is 3.41. The summed E-state index contributed by atoms with van der Waals surface area (Å²) in [6, 6.07) is 8.84. The van der Waals surface area contributed by atoms with Crippen LogP contribution in [0.15, 0.2) is 48.9 Å². The summed E-state index contributed by atoms with van der Waals surface area (Å²) in [5, 5.41) is 8.35. The van der Waals surface area contributed by atoms with Gasteiger partial charge in [-0.1, -0.05) is 12.1 Å². The molecule has 1 aliphatic rings. The highest BCUT2D eigenvalue weighted by atomic mass is 19.1. The molecule has 0 aliphatic heterocycles. The Balaban J connectivity index is 1.72. The second kappa shape index (κ2) is 7.36. The molecule has 0 saturated heterocycles. The van der Waals surface area contributed by atoms with Crippen molar-refractivity contribution in [1.29, 1.82) is 0 Å². The van der Waals surface area contributed by atoms with Crippen LogP contribution < -0.4 is 0 Å². The number of halogens is 1.